The fraction of sp³-hybridized carbons (Fsp3) is 0.827. The van der Waals surface area contributed by atoms with Crippen molar-refractivity contribution in [2.45, 2.75) is 262 Å². The smallest absolute Gasteiger partial charge is 0.220 e. The third-order valence-corrected chi connectivity index (χ3v) is 11.9. The molecule has 1 fully saturated rings. The molecule has 1 saturated heterocycles. The van der Waals surface area contributed by atoms with Crippen LogP contribution in [0.2, 0.25) is 0 Å². The lowest BCUT2D eigenvalue weighted by Gasteiger charge is -2.40. The molecular formula is C52H95NO8. The number of carbonyl (C=O) groups excluding carboxylic acids is 1. The first-order valence-electron chi connectivity index (χ1n) is 25.4. The number of aliphatic hydroxyl groups is 5. The van der Waals surface area contributed by atoms with Gasteiger partial charge in [0.25, 0.3) is 0 Å². The Hall–Kier alpha value is -1.85. The zero-order valence-electron chi connectivity index (χ0n) is 39.2. The van der Waals surface area contributed by atoms with E-state index in [0.717, 1.165) is 51.4 Å². The molecule has 1 aliphatic heterocycles. The largest absolute Gasteiger partial charge is 0.394 e. The average molecular weight is 862 g/mol. The second-order valence-electron chi connectivity index (χ2n) is 17.6. The highest BCUT2D eigenvalue weighted by atomic mass is 16.7. The van der Waals surface area contributed by atoms with Gasteiger partial charge in [-0.25, -0.2) is 0 Å². The fourth-order valence-electron chi connectivity index (χ4n) is 7.81. The Balaban J connectivity index is 2.26. The predicted octanol–water partition coefficient (Wildman–Crippen LogP) is 11.4. The van der Waals surface area contributed by atoms with E-state index in [-0.39, 0.29) is 12.5 Å². The molecule has 0 radical (unpaired) electrons. The molecule has 356 valence electrons. The van der Waals surface area contributed by atoms with E-state index >= 15 is 0 Å². The molecule has 1 rings (SSSR count). The number of hydrogen-bond donors (Lipinski definition) is 6. The number of aliphatic hydroxyl groups excluding tert-OH is 5. The number of ether oxygens (including phenoxy) is 2. The van der Waals surface area contributed by atoms with Crippen LogP contribution in [0.1, 0.15) is 219 Å². The molecule has 9 heteroatoms. The van der Waals surface area contributed by atoms with Gasteiger partial charge in [0.05, 0.1) is 25.4 Å². The number of nitrogens with one attached hydrogen (secondary N) is 1. The van der Waals surface area contributed by atoms with Gasteiger partial charge in [-0.2, -0.15) is 0 Å². The van der Waals surface area contributed by atoms with Crippen LogP contribution in [0.3, 0.4) is 0 Å². The first kappa shape index (κ1) is 57.2. The van der Waals surface area contributed by atoms with Crippen LogP contribution in [-0.2, 0) is 14.3 Å². The molecule has 7 atom stereocenters. The summed E-state index contributed by atoms with van der Waals surface area (Å²) in [6, 6.07) is -0.807. The number of rotatable bonds is 42. The predicted molar refractivity (Wildman–Crippen MR) is 253 cm³/mol. The van der Waals surface area contributed by atoms with Gasteiger partial charge < -0.3 is 40.3 Å². The summed E-state index contributed by atoms with van der Waals surface area (Å²) in [7, 11) is 0. The zero-order valence-corrected chi connectivity index (χ0v) is 39.2. The van der Waals surface area contributed by atoms with Crippen molar-refractivity contribution >= 4 is 5.91 Å². The highest BCUT2D eigenvalue weighted by Gasteiger charge is 2.44. The van der Waals surface area contributed by atoms with Crippen LogP contribution in [0, 0.1) is 0 Å². The highest BCUT2D eigenvalue weighted by molar-refractivity contribution is 5.76. The molecular weight excluding hydrogens is 767 g/mol. The van der Waals surface area contributed by atoms with Gasteiger partial charge in [0.15, 0.2) is 6.29 Å². The average Bonchev–Trinajstić information content (AvgIpc) is 3.26. The van der Waals surface area contributed by atoms with Crippen molar-refractivity contribution in [1.82, 2.24) is 5.32 Å². The summed E-state index contributed by atoms with van der Waals surface area (Å²) in [5.41, 5.74) is 0. The summed E-state index contributed by atoms with van der Waals surface area (Å²) < 4.78 is 11.2. The number of carbonyl (C=O) groups is 1. The van der Waals surface area contributed by atoms with Gasteiger partial charge in [-0.1, -0.05) is 204 Å². The lowest BCUT2D eigenvalue weighted by Crippen LogP contribution is -2.60. The van der Waals surface area contributed by atoms with Crippen LogP contribution in [0.5, 0.6) is 0 Å². The van der Waals surface area contributed by atoms with E-state index in [0.29, 0.717) is 6.42 Å². The Morgan fingerprint density at radius 1 is 0.557 bits per heavy atom. The van der Waals surface area contributed by atoms with Crippen molar-refractivity contribution < 1.29 is 39.8 Å². The highest BCUT2D eigenvalue weighted by Crippen LogP contribution is 2.23. The molecule has 7 unspecified atom stereocenters. The van der Waals surface area contributed by atoms with E-state index in [9.17, 15) is 30.3 Å². The summed E-state index contributed by atoms with van der Waals surface area (Å²) in [6.07, 6.45) is 47.3. The maximum atomic E-state index is 13.0. The number of hydrogen-bond acceptors (Lipinski definition) is 8. The lowest BCUT2D eigenvalue weighted by molar-refractivity contribution is -0.302. The standard InChI is InChI=1S/C52H95NO8/c1-3-5-7-9-11-13-15-17-18-19-20-21-22-23-24-25-26-27-28-30-32-34-36-38-40-42-48(56)53-45(44-60-52-51(59)50(58)49(57)47(43-54)61-52)46(55)41-39-37-35-33-31-29-16-14-12-10-8-6-4-2/h15,17,19-20,22-23,39,41,45-47,49-52,54-55,57-59H,3-14,16,18,21,24-38,40,42-44H2,1-2H3,(H,53,56)/b17-15-,20-19-,23-22-,41-39+. The molecule has 0 saturated carbocycles. The zero-order chi connectivity index (χ0) is 44.4. The first-order valence-corrected chi connectivity index (χ1v) is 25.4. The summed E-state index contributed by atoms with van der Waals surface area (Å²) in [6.45, 7) is 3.75. The Morgan fingerprint density at radius 2 is 0.967 bits per heavy atom. The van der Waals surface area contributed by atoms with Gasteiger partial charge in [-0.05, 0) is 57.8 Å². The van der Waals surface area contributed by atoms with E-state index < -0.39 is 49.5 Å². The topological polar surface area (TPSA) is 149 Å². The molecule has 1 aliphatic rings. The van der Waals surface area contributed by atoms with Gasteiger partial charge in [-0.15, -0.1) is 0 Å². The van der Waals surface area contributed by atoms with Crippen LogP contribution in [0.25, 0.3) is 0 Å². The third kappa shape index (κ3) is 32.5. The fourth-order valence-corrected chi connectivity index (χ4v) is 7.81. The van der Waals surface area contributed by atoms with E-state index in [2.05, 4.69) is 55.6 Å². The molecule has 0 aromatic heterocycles. The van der Waals surface area contributed by atoms with Crippen molar-refractivity contribution in [1.29, 1.82) is 0 Å². The van der Waals surface area contributed by atoms with Crippen molar-refractivity contribution in [2.75, 3.05) is 13.2 Å². The second-order valence-corrected chi connectivity index (χ2v) is 17.6. The Bertz CT molecular complexity index is 1090. The van der Waals surface area contributed by atoms with Crippen molar-refractivity contribution in [3.05, 3.63) is 48.6 Å². The SMILES string of the molecule is CCCCCCC/C=C\C/C=C\C/C=C\CCCCCCCCCCCCC(=O)NC(COC1OC(CO)C(O)C(O)C1O)C(O)/C=C/CCCCCCCCCCCCC. The molecule has 0 aromatic carbocycles. The first-order chi connectivity index (χ1) is 29.8. The summed E-state index contributed by atoms with van der Waals surface area (Å²) in [5, 5.41) is 54.3. The van der Waals surface area contributed by atoms with E-state index in [4.69, 9.17) is 9.47 Å². The quantitative estimate of drug-likeness (QED) is 0.0262. The Morgan fingerprint density at radius 3 is 1.43 bits per heavy atom. The molecule has 6 N–H and O–H groups in total. The van der Waals surface area contributed by atoms with Crippen molar-refractivity contribution in [3.63, 3.8) is 0 Å². The molecule has 0 bridgehead atoms. The van der Waals surface area contributed by atoms with Gasteiger partial charge in [0.1, 0.15) is 24.4 Å². The van der Waals surface area contributed by atoms with Crippen LogP contribution in [-0.4, -0.2) is 87.5 Å². The minimum atomic E-state index is -1.57. The summed E-state index contributed by atoms with van der Waals surface area (Å²) in [4.78, 5) is 13.0. The van der Waals surface area contributed by atoms with Gasteiger partial charge in [-0.3, -0.25) is 4.79 Å². The number of allylic oxidation sites excluding steroid dienone is 7. The molecule has 1 amide bonds. The molecule has 0 aromatic rings. The van der Waals surface area contributed by atoms with Crippen molar-refractivity contribution in [3.8, 4) is 0 Å². The monoisotopic (exact) mass is 862 g/mol. The molecule has 9 nitrogen and oxygen atoms in total. The van der Waals surface area contributed by atoms with Crippen LogP contribution in [0.15, 0.2) is 48.6 Å². The van der Waals surface area contributed by atoms with Crippen LogP contribution in [0.4, 0.5) is 0 Å². The lowest BCUT2D eigenvalue weighted by atomic mass is 9.99. The summed E-state index contributed by atoms with van der Waals surface area (Å²) >= 11 is 0. The molecule has 0 aliphatic carbocycles. The van der Waals surface area contributed by atoms with E-state index in [1.807, 2.05) is 6.08 Å². The number of amides is 1. The van der Waals surface area contributed by atoms with Crippen LogP contribution < -0.4 is 5.32 Å². The maximum Gasteiger partial charge on any atom is 0.220 e. The molecule has 0 spiro atoms. The molecule has 1 heterocycles. The number of unbranched alkanes of at least 4 members (excludes halogenated alkanes) is 26. The maximum absolute atomic E-state index is 13.0. The third-order valence-electron chi connectivity index (χ3n) is 11.9. The van der Waals surface area contributed by atoms with Gasteiger partial charge >= 0.3 is 0 Å². The van der Waals surface area contributed by atoms with Crippen LogP contribution >= 0.6 is 0 Å². The minimum absolute atomic E-state index is 0.182. The normalized spacial score (nSPS) is 20.8. The van der Waals surface area contributed by atoms with E-state index in [1.54, 1.807) is 6.08 Å². The van der Waals surface area contributed by atoms with E-state index in [1.165, 1.54) is 148 Å². The Kier molecular flexibility index (Phi) is 39.5. The molecule has 61 heavy (non-hydrogen) atoms. The Labute approximate surface area is 373 Å². The second kappa shape index (κ2) is 42.1. The summed E-state index contributed by atoms with van der Waals surface area (Å²) in [5.74, 6) is -0.182. The van der Waals surface area contributed by atoms with Gasteiger partial charge in [0, 0.05) is 6.42 Å². The van der Waals surface area contributed by atoms with Gasteiger partial charge in [0.2, 0.25) is 5.91 Å². The minimum Gasteiger partial charge on any atom is -0.394 e. The van der Waals surface area contributed by atoms with Crippen molar-refractivity contribution in [2.24, 2.45) is 0 Å².